The summed E-state index contributed by atoms with van der Waals surface area (Å²) < 4.78 is 0. The minimum Gasteiger partial charge on any atom is -0.348 e. The highest BCUT2D eigenvalue weighted by Crippen LogP contribution is 2.32. The first-order valence-electron chi connectivity index (χ1n) is 7.87. The van der Waals surface area contributed by atoms with E-state index in [9.17, 15) is 0 Å². The highest BCUT2D eigenvalue weighted by atomic mass is 32.1. The quantitative estimate of drug-likeness (QED) is 0.891. The Bertz CT molecular complexity index is 427. The lowest BCUT2D eigenvalue weighted by atomic mass is 10.1. The fourth-order valence-electron chi connectivity index (χ4n) is 2.73. The van der Waals surface area contributed by atoms with Crippen molar-refractivity contribution in [2.75, 3.05) is 11.9 Å². The van der Waals surface area contributed by atoms with Gasteiger partial charge in [0, 0.05) is 30.1 Å². The molecule has 0 aliphatic heterocycles. The van der Waals surface area contributed by atoms with E-state index in [2.05, 4.69) is 45.0 Å². The molecule has 1 aromatic heterocycles. The molecule has 0 atom stereocenters. The van der Waals surface area contributed by atoms with Crippen molar-refractivity contribution in [3.63, 3.8) is 0 Å². The number of rotatable bonds is 5. The molecule has 1 fully saturated rings. The topological polar surface area (TPSA) is 28.2 Å². The van der Waals surface area contributed by atoms with Gasteiger partial charge >= 0.3 is 0 Å². The van der Waals surface area contributed by atoms with Crippen molar-refractivity contribution in [2.24, 2.45) is 0 Å². The molecule has 0 aromatic carbocycles. The zero-order valence-corrected chi connectivity index (χ0v) is 14.4. The Morgan fingerprint density at radius 3 is 2.50 bits per heavy atom. The second-order valence-corrected chi connectivity index (χ2v) is 7.93. The van der Waals surface area contributed by atoms with Crippen LogP contribution in [0.5, 0.6) is 0 Å². The molecule has 0 saturated heterocycles. The second kappa shape index (κ2) is 6.44. The summed E-state index contributed by atoms with van der Waals surface area (Å²) in [6.45, 7) is 9.78. The van der Waals surface area contributed by atoms with Gasteiger partial charge in [0.05, 0.1) is 5.69 Å². The molecule has 1 aromatic rings. The van der Waals surface area contributed by atoms with E-state index in [4.69, 9.17) is 4.98 Å². The van der Waals surface area contributed by atoms with Crippen molar-refractivity contribution in [3.05, 3.63) is 10.6 Å². The van der Waals surface area contributed by atoms with Crippen LogP contribution < -0.4 is 10.2 Å². The molecule has 2 rings (SSSR count). The lowest BCUT2D eigenvalue weighted by Crippen LogP contribution is -2.35. The van der Waals surface area contributed by atoms with Gasteiger partial charge < -0.3 is 10.2 Å². The number of thiazole rings is 1. The maximum atomic E-state index is 4.88. The van der Waals surface area contributed by atoms with Crippen molar-refractivity contribution in [1.29, 1.82) is 0 Å². The minimum atomic E-state index is 0.159. The Kier molecular flexibility index (Phi) is 5.08. The summed E-state index contributed by atoms with van der Waals surface area (Å²) in [5, 5.41) is 4.79. The molecule has 1 aliphatic carbocycles. The standard InChI is InChI=1S/C16H29N3S/c1-6-13-14(11-17-16(2,3)4)20-15(18-13)19(5)12-9-7-8-10-12/h12,17H,6-11H2,1-5H3. The predicted octanol–water partition coefficient (Wildman–Crippen LogP) is 3.97. The van der Waals surface area contributed by atoms with Crippen LogP contribution in [0.15, 0.2) is 0 Å². The number of nitrogens with zero attached hydrogens (tertiary/aromatic N) is 2. The third-order valence-corrected chi connectivity index (χ3v) is 5.24. The molecule has 1 heterocycles. The molecular weight excluding hydrogens is 266 g/mol. The fraction of sp³-hybridized carbons (Fsp3) is 0.812. The Balaban J connectivity index is 2.09. The average molecular weight is 295 g/mol. The number of nitrogens with one attached hydrogen (secondary N) is 1. The summed E-state index contributed by atoms with van der Waals surface area (Å²) in [4.78, 5) is 8.70. The Labute approximate surface area is 127 Å². The first-order chi connectivity index (χ1) is 9.40. The van der Waals surface area contributed by atoms with Crippen LogP contribution in [0.1, 0.15) is 63.9 Å². The molecule has 1 N–H and O–H groups in total. The third-order valence-electron chi connectivity index (χ3n) is 4.06. The van der Waals surface area contributed by atoms with Gasteiger partial charge in [-0.3, -0.25) is 0 Å². The van der Waals surface area contributed by atoms with E-state index in [1.54, 1.807) is 0 Å². The van der Waals surface area contributed by atoms with Crippen LogP contribution in [0.25, 0.3) is 0 Å². The van der Waals surface area contributed by atoms with Crippen LogP contribution >= 0.6 is 11.3 Å². The molecule has 0 radical (unpaired) electrons. The van der Waals surface area contributed by atoms with E-state index < -0.39 is 0 Å². The number of hydrogen-bond donors (Lipinski definition) is 1. The highest BCUT2D eigenvalue weighted by molar-refractivity contribution is 7.15. The van der Waals surface area contributed by atoms with Gasteiger partial charge in [-0.25, -0.2) is 4.98 Å². The number of aryl methyl sites for hydroxylation is 1. The summed E-state index contributed by atoms with van der Waals surface area (Å²) >= 11 is 1.87. The molecule has 0 bridgehead atoms. The molecular formula is C16H29N3S. The smallest absolute Gasteiger partial charge is 0.185 e. The highest BCUT2D eigenvalue weighted by Gasteiger charge is 2.23. The second-order valence-electron chi connectivity index (χ2n) is 6.87. The summed E-state index contributed by atoms with van der Waals surface area (Å²) in [5.41, 5.74) is 1.43. The van der Waals surface area contributed by atoms with E-state index >= 15 is 0 Å². The first-order valence-corrected chi connectivity index (χ1v) is 8.69. The molecule has 3 nitrogen and oxygen atoms in total. The zero-order valence-electron chi connectivity index (χ0n) is 13.6. The molecule has 20 heavy (non-hydrogen) atoms. The van der Waals surface area contributed by atoms with Gasteiger partial charge in [-0.1, -0.05) is 19.8 Å². The van der Waals surface area contributed by atoms with Gasteiger partial charge in [0.15, 0.2) is 5.13 Å². The van der Waals surface area contributed by atoms with E-state index in [1.807, 2.05) is 11.3 Å². The monoisotopic (exact) mass is 295 g/mol. The molecule has 0 unspecified atom stereocenters. The lowest BCUT2D eigenvalue weighted by molar-refractivity contribution is 0.425. The van der Waals surface area contributed by atoms with Gasteiger partial charge in [0.25, 0.3) is 0 Å². The number of anilines is 1. The summed E-state index contributed by atoms with van der Waals surface area (Å²) in [6.07, 6.45) is 6.43. The number of aromatic nitrogens is 1. The van der Waals surface area contributed by atoms with E-state index in [1.165, 1.54) is 41.4 Å². The molecule has 114 valence electrons. The Hall–Kier alpha value is -0.610. The van der Waals surface area contributed by atoms with Crippen molar-refractivity contribution >= 4 is 16.5 Å². The van der Waals surface area contributed by atoms with Crippen LogP contribution in [0.2, 0.25) is 0 Å². The van der Waals surface area contributed by atoms with Crippen molar-refractivity contribution in [2.45, 2.75) is 77.9 Å². The summed E-state index contributed by atoms with van der Waals surface area (Å²) in [6, 6.07) is 0.703. The van der Waals surface area contributed by atoms with Crippen molar-refractivity contribution in [1.82, 2.24) is 10.3 Å². The van der Waals surface area contributed by atoms with Crippen LogP contribution in [0, 0.1) is 0 Å². The third kappa shape index (κ3) is 3.95. The van der Waals surface area contributed by atoms with Gasteiger partial charge in [0.2, 0.25) is 0 Å². The summed E-state index contributed by atoms with van der Waals surface area (Å²) in [7, 11) is 2.22. The predicted molar refractivity (Wildman–Crippen MR) is 88.7 cm³/mol. The van der Waals surface area contributed by atoms with Gasteiger partial charge in [-0.15, -0.1) is 11.3 Å². The SMILES string of the molecule is CCc1nc(N(C)C2CCCC2)sc1CNC(C)(C)C. The van der Waals surface area contributed by atoms with Crippen molar-refractivity contribution in [3.8, 4) is 0 Å². The van der Waals surface area contributed by atoms with Gasteiger partial charge in [-0.05, 0) is 40.0 Å². The maximum Gasteiger partial charge on any atom is 0.185 e. The van der Waals surface area contributed by atoms with Gasteiger partial charge in [-0.2, -0.15) is 0 Å². The van der Waals surface area contributed by atoms with Crippen LogP contribution in [0.4, 0.5) is 5.13 Å². The van der Waals surface area contributed by atoms with Crippen LogP contribution in [-0.2, 0) is 13.0 Å². The Morgan fingerprint density at radius 2 is 1.95 bits per heavy atom. The molecule has 0 amide bonds. The largest absolute Gasteiger partial charge is 0.348 e. The molecule has 0 spiro atoms. The van der Waals surface area contributed by atoms with Crippen LogP contribution in [0.3, 0.4) is 0 Å². The van der Waals surface area contributed by atoms with E-state index in [-0.39, 0.29) is 5.54 Å². The van der Waals surface area contributed by atoms with Gasteiger partial charge in [0.1, 0.15) is 0 Å². The van der Waals surface area contributed by atoms with Crippen LogP contribution in [-0.4, -0.2) is 23.6 Å². The lowest BCUT2D eigenvalue weighted by Gasteiger charge is -2.23. The summed E-state index contributed by atoms with van der Waals surface area (Å²) in [5.74, 6) is 0. The number of hydrogen-bond acceptors (Lipinski definition) is 4. The minimum absolute atomic E-state index is 0.159. The molecule has 1 saturated carbocycles. The average Bonchev–Trinajstić information content (AvgIpc) is 3.03. The molecule has 1 aliphatic rings. The van der Waals surface area contributed by atoms with E-state index in [0.717, 1.165) is 13.0 Å². The maximum absolute atomic E-state index is 4.88. The molecule has 4 heteroatoms. The zero-order chi connectivity index (χ0) is 14.8. The van der Waals surface area contributed by atoms with Crippen molar-refractivity contribution < 1.29 is 0 Å². The first kappa shape index (κ1) is 15.8. The fourth-order valence-corrected chi connectivity index (χ4v) is 3.85. The Morgan fingerprint density at radius 1 is 1.30 bits per heavy atom. The van der Waals surface area contributed by atoms with E-state index in [0.29, 0.717) is 6.04 Å². The normalized spacial score (nSPS) is 16.9.